The molecule has 1 saturated heterocycles. The minimum absolute atomic E-state index is 0.00347. The van der Waals surface area contributed by atoms with Crippen molar-refractivity contribution in [3.63, 3.8) is 0 Å². The zero-order valence-electron chi connectivity index (χ0n) is 15.9. The molecule has 11 heteroatoms. The lowest BCUT2D eigenvalue weighted by molar-refractivity contribution is -0.132. The number of rotatable bonds is 6. The summed E-state index contributed by atoms with van der Waals surface area (Å²) in [6.07, 6.45) is -1.48. The summed E-state index contributed by atoms with van der Waals surface area (Å²) in [6.45, 7) is 1.15. The molecule has 29 heavy (non-hydrogen) atoms. The molecule has 1 heterocycles. The maximum absolute atomic E-state index is 13.0. The van der Waals surface area contributed by atoms with Crippen LogP contribution >= 0.6 is 0 Å². The smallest absolute Gasteiger partial charge is 0.414 e. The Morgan fingerprint density at radius 2 is 1.93 bits per heavy atom. The van der Waals surface area contributed by atoms with Gasteiger partial charge in [-0.1, -0.05) is 12.1 Å². The first-order chi connectivity index (χ1) is 13.4. The third-order valence-electron chi connectivity index (χ3n) is 5.66. The number of nitrogens with zero attached hydrogens (tertiary/aromatic N) is 1. The van der Waals surface area contributed by atoms with Gasteiger partial charge in [0, 0.05) is 31.2 Å². The molecule has 1 aromatic carbocycles. The van der Waals surface area contributed by atoms with Crippen molar-refractivity contribution < 1.29 is 36.7 Å². The van der Waals surface area contributed by atoms with Crippen LogP contribution in [-0.2, 0) is 19.4 Å². The number of carbonyl (C=O) groups excluding carboxylic acids is 2. The van der Waals surface area contributed by atoms with Gasteiger partial charge in [0.05, 0.1) is 6.54 Å². The van der Waals surface area contributed by atoms with E-state index in [9.17, 15) is 26.8 Å². The number of ether oxygens (including phenoxy) is 1. The number of alkyl halides is 2. The van der Waals surface area contributed by atoms with Gasteiger partial charge in [0.25, 0.3) is 5.91 Å². The maximum Gasteiger partial charge on any atom is 0.414 e. The first kappa shape index (κ1) is 21.4. The Balaban J connectivity index is 1.71. The Bertz CT molecular complexity index is 913. The summed E-state index contributed by atoms with van der Waals surface area (Å²) >= 11 is 0. The summed E-state index contributed by atoms with van der Waals surface area (Å²) in [7, 11) is -3.93. The van der Waals surface area contributed by atoms with Crippen molar-refractivity contribution >= 4 is 27.5 Å². The van der Waals surface area contributed by atoms with Crippen LogP contribution in [0, 0.1) is 0 Å². The number of hydrogen-bond acceptors (Lipinski definition) is 6. The summed E-state index contributed by atoms with van der Waals surface area (Å²) in [5, 5.41) is 8.89. The van der Waals surface area contributed by atoms with Crippen LogP contribution in [0.3, 0.4) is 0 Å². The highest BCUT2D eigenvalue weighted by atomic mass is 32.2. The topological polar surface area (TPSA) is 113 Å². The van der Waals surface area contributed by atoms with Gasteiger partial charge in [-0.3, -0.25) is 14.9 Å². The Morgan fingerprint density at radius 1 is 1.34 bits per heavy atom. The van der Waals surface area contributed by atoms with Gasteiger partial charge in [-0.05, 0) is 30.5 Å². The molecule has 8 nitrogen and oxygen atoms in total. The van der Waals surface area contributed by atoms with Gasteiger partial charge in [0.1, 0.15) is 6.10 Å². The second kappa shape index (κ2) is 7.21. The number of anilines is 1. The molecule has 2 amide bonds. The van der Waals surface area contributed by atoms with Crippen LogP contribution < -0.4 is 10.4 Å². The molecule has 0 spiro atoms. The first-order valence-electron chi connectivity index (χ1n) is 8.96. The SMILES string of the molecule is C[C@@](C[C@H]1CN(c2ccc(C3CC(F)(F)C3)cc2)C(=O)O1)(C(=O)NO)S(C)(=O)=O. The van der Waals surface area contributed by atoms with Gasteiger partial charge >= 0.3 is 6.09 Å². The van der Waals surface area contributed by atoms with Gasteiger partial charge in [-0.2, -0.15) is 0 Å². The summed E-state index contributed by atoms with van der Waals surface area (Å²) in [5.41, 5.74) is 2.58. The van der Waals surface area contributed by atoms with E-state index in [1.807, 2.05) is 0 Å². The standard InChI is InChI=1S/C18H22F2N2O6S/c1-17(15(23)21-25,29(2,26)27)9-14-10-22(16(24)28-14)13-5-3-11(4-6-13)12-7-18(19,20)8-12/h3-6,12,14,25H,7-10H2,1-2H3,(H,21,23)/t14-,17+/m0/s1. The molecule has 0 unspecified atom stereocenters. The molecule has 1 saturated carbocycles. The molecule has 2 fully saturated rings. The average molecular weight is 432 g/mol. The minimum atomic E-state index is -3.93. The number of hydrogen-bond donors (Lipinski definition) is 2. The van der Waals surface area contributed by atoms with Crippen LogP contribution in [0.4, 0.5) is 19.3 Å². The van der Waals surface area contributed by atoms with E-state index in [-0.39, 0.29) is 31.7 Å². The van der Waals surface area contributed by atoms with E-state index in [2.05, 4.69) is 0 Å². The van der Waals surface area contributed by atoms with E-state index in [1.165, 1.54) is 10.4 Å². The van der Waals surface area contributed by atoms with Crippen LogP contribution in [0.25, 0.3) is 0 Å². The highest BCUT2D eigenvalue weighted by Gasteiger charge is 2.49. The van der Waals surface area contributed by atoms with Gasteiger partial charge in [0.2, 0.25) is 5.92 Å². The van der Waals surface area contributed by atoms with E-state index in [1.54, 1.807) is 24.3 Å². The number of nitrogens with one attached hydrogen (secondary N) is 1. The van der Waals surface area contributed by atoms with Gasteiger partial charge in [-0.15, -0.1) is 0 Å². The number of cyclic esters (lactones) is 1. The lowest BCUT2D eigenvalue weighted by Gasteiger charge is -2.35. The molecule has 3 rings (SSSR count). The number of hydroxylamine groups is 1. The van der Waals surface area contributed by atoms with Gasteiger partial charge in [-0.25, -0.2) is 27.5 Å². The minimum Gasteiger partial charge on any atom is -0.444 e. The monoisotopic (exact) mass is 432 g/mol. The van der Waals surface area contributed by atoms with Gasteiger partial charge < -0.3 is 4.74 Å². The summed E-state index contributed by atoms with van der Waals surface area (Å²) in [6, 6.07) is 6.59. The Morgan fingerprint density at radius 3 is 2.41 bits per heavy atom. The largest absolute Gasteiger partial charge is 0.444 e. The molecule has 2 N–H and O–H groups in total. The second-order valence-electron chi connectivity index (χ2n) is 7.82. The summed E-state index contributed by atoms with van der Waals surface area (Å²) in [4.78, 5) is 25.5. The molecule has 2 aliphatic rings. The summed E-state index contributed by atoms with van der Waals surface area (Å²) in [5.74, 6) is -3.96. The quantitative estimate of drug-likeness (QED) is 0.527. The first-order valence-corrected chi connectivity index (χ1v) is 10.9. The van der Waals surface area contributed by atoms with Crippen LogP contribution in [0.2, 0.25) is 0 Å². The highest BCUT2D eigenvalue weighted by molar-refractivity contribution is 7.92. The van der Waals surface area contributed by atoms with Crippen molar-refractivity contribution in [3.05, 3.63) is 29.8 Å². The zero-order valence-corrected chi connectivity index (χ0v) is 16.7. The van der Waals surface area contributed by atoms with E-state index in [4.69, 9.17) is 9.94 Å². The Hall–Kier alpha value is -2.27. The fourth-order valence-electron chi connectivity index (χ4n) is 3.63. The van der Waals surface area contributed by atoms with Crippen LogP contribution in [0.1, 0.15) is 37.7 Å². The second-order valence-corrected chi connectivity index (χ2v) is 10.3. The van der Waals surface area contributed by atoms with Crippen LogP contribution in [-0.4, -0.2) is 55.2 Å². The van der Waals surface area contributed by atoms with E-state index < -0.39 is 38.6 Å². The van der Waals surface area contributed by atoms with Crippen molar-refractivity contribution in [1.82, 2.24) is 5.48 Å². The van der Waals surface area contributed by atoms with Crippen molar-refractivity contribution in [1.29, 1.82) is 0 Å². The number of amides is 2. The predicted molar refractivity (Wildman–Crippen MR) is 98.8 cm³/mol. The molecular formula is C18H22F2N2O6S. The molecule has 0 bridgehead atoms. The maximum atomic E-state index is 13.0. The van der Waals surface area contributed by atoms with Crippen molar-refractivity contribution in [2.75, 3.05) is 17.7 Å². The van der Waals surface area contributed by atoms with E-state index in [0.29, 0.717) is 5.69 Å². The van der Waals surface area contributed by atoms with Crippen molar-refractivity contribution in [2.24, 2.45) is 0 Å². The highest BCUT2D eigenvalue weighted by Crippen LogP contribution is 2.48. The normalized spacial score (nSPS) is 23.8. The molecule has 1 aromatic rings. The third kappa shape index (κ3) is 4.06. The van der Waals surface area contributed by atoms with Crippen molar-refractivity contribution in [3.8, 4) is 0 Å². The fourth-order valence-corrected chi connectivity index (χ4v) is 4.50. The lowest BCUT2D eigenvalue weighted by atomic mass is 9.77. The molecule has 160 valence electrons. The Labute approximate surface area is 166 Å². The number of sulfone groups is 1. The number of benzene rings is 1. The molecule has 1 aliphatic carbocycles. The van der Waals surface area contributed by atoms with Crippen molar-refractivity contribution in [2.45, 2.75) is 48.9 Å². The molecule has 1 aliphatic heterocycles. The zero-order chi connectivity index (χ0) is 21.6. The number of halogens is 2. The lowest BCUT2D eigenvalue weighted by Crippen LogP contribution is -2.51. The third-order valence-corrected chi connectivity index (χ3v) is 7.65. The average Bonchev–Trinajstić information content (AvgIpc) is 2.98. The van der Waals surface area contributed by atoms with Crippen LogP contribution in [0.5, 0.6) is 0 Å². The molecular weight excluding hydrogens is 410 g/mol. The number of carbonyl (C=O) groups is 2. The predicted octanol–water partition coefficient (Wildman–Crippen LogP) is 2.22. The van der Waals surface area contributed by atoms with E-state index >= 15 is 0 Å². The van der Waals surface area contributed by atoms with E-state index in [0.717, 1.165) is 18.7 Å². The van der Waals surface area contributed by atoms with Crippen LogP contribution in [0.15, 0.2) is 24.3 Å². The summed E-state index contributed by atoms with van der Waals surface area (Å²) < 4.78 is 53.5. The molecule has 2 atom stereocenters. The molecule has 0 aromatic heterocycles. The van der Waals surface area contributed by atoms with Gasteiger partial charge in [0.15, 0.2) is 14.6 Å². The fraction of sp³-hybridized carbons (Fsp3) is 0.556. The molecule has 0 radical (unpaired) electrons. The Kier molecular flexibility index (Phi) is 5.33.